The second-order valence-electron chi connectivity index (χ2n) is 4.93. The number of nitro groups is 1. The van der Waals surface area contributed by atoms with Gasteiger partial charge in [0.05, 0.1) is 11.0 Å². The minimum atomic E-state index is -0.613. The second-order valence-corrected chi connectivity index (χ2v) is 4.93. The van der Waals surface area contributed by atoms with E-state index in [1.54, 1.807) is 19.1 Å². The fourth-order valence-electron chi connectivity index (χ4n) is 1.99. The Morgan fingerprint density at radius 2 is 1.90 bits per heavy atom. The Morgan fingerprint density at radius 3 is 2.48 bits per heavy atom. The fourth-order valence-corrected chi connectivity index (χ4v) is 1.99. The number of nitrogens with zero attached hydrogens (tertiary/aromatic N) is 1. The van der Waals surface area contributed by atoms with Gasteiger partial charge in [-0.05, 0) is 43.2 Å². The zero-order valence-corrected chi connectivity index (χ0v) is 11.9. The predicted octanol–water partition coefficient (Wildman–Crippen LogP) is 3.54. The molecule has 0 aliphatic rings. The van der Waals surface area contributed by atoms with Crippen molar-refractivity contribution in [2.24, 2.45) is 0 Å². The third-order valence-electron chi connectivity index (χ3n) is 3.16. The van der Waals surface area contributed by atoms with Crippen molar-refractivity contribution in [3.8, 4) is 5.75 Å². The van der Waals surface area contributed by atoms with Gasteiger partial charge in [0.25, 0.3) is 5.69 Å². The lowest BCUT2D eigenvalue weighted by Crippen LogP contribution is -2.01. The van der Waals surface area contributed by atoms with Gasteiger partial charge in [0.15, 0.2) is 0 Å². The van der Waals surface area contributed by atoms with Crippen molar-refractivity contribution < 1.29 is 14.8 Å². The zero-order chi connectivity index (χ0) is 15.4. The minimum absolute atomic E-state index is 0.0546. The highest BCUT2D eigenvalue weighted by molar-refractivity contribution is 5.39. The molecule has 2 rings (SSSR count). The van der Waals surface area contributed by atoms with E-state index in [0.29, 0.717) is 12.4 Å². The SMILES string of the molecule is Cc1ccc(C(C)O)c(OCc2ccc([N+](=O)[O-])cc2)c1. The summed E-state index contributed by atoms with van der Waals surface area (Å²) in [6, 6.07) is 11.8. The number of aliphatic hydroxyl groups is 1. The molecule has 2 aromatic rings. The maximum absolute atomic E-state index is 10.6. The summed E-state index contributed by atoms with van der Waals surface area (Å²) >= 11 is 0. The van der Waals surface area contributed by atoms with Crippen LogP contribution >= 0.6 is 0 Å². The van der Waals surface area contributed by atoms with Gasteiger partial charge < -0.3 is 9.84 Å². The van der Waals surface area contributed by atoms with Gasteiger partial charge in [0.1, 0.15) is 12.4 Å². The Kier molecular flexibility index (Phi) is 4.55. The number of aryl methyl sites for hydroxylation is 1. The molecule has 0 heterocycles. The average molecular weight is 287 g/mol. The van der Waals surface area contributed by atoms with Gasteiger partial charge in [-0.25, -0.2) is 0 Å². The van der Waals surface area contributed by atoms with Crippen molar-refractivity contribution in [2.75, 3.05) is 0 Å². The molecule has 1 unspecified atom stereocenters. The smallest absolute Gasteiger partial charge is 0.269 e. The molecule has 0 spiro atoms. The van der Waals surface area contributed by atoms with Crippen LogP contribution in [-0.4, -0.2) is 10.0 Å². The molecule has 0 saturated carbocycles. The molecule has 0 bridgehead atoms. The van der Waals surface area contributed by atoms with E-state index >= 15 is 0 Å². The van der Waals surface area contributed by atoms with Crippen molar-refractivity contribution in [1.29, 1.82) is 0 Å². The van der Waals surface area contributed by atoms with Crippen LogP contribution in [0, 0.1) is 17.0 Å². The lowest BCUT2D eigenvalue weighted by molar-refractivity contribution is -0.384. The topological polar surface area (TPSA) is 72.6 Å². The summed E-state index contributed by atoms with van der Waals surface area (Å²) < 4.78 is 5.74. The maximum Gasteiger partial charge on any atom is 0.269 e. The fraction of sp³-hybridized carbons (Fsp3) is 0.250. The summed E-state index contributed by atoms with van der Waals surface area (Å²) in [6.45, 7) is 3.93. The van der Waals surface area contributed by atoms with Crippen LogP contribution in [0.1, 0.15) is 29.7 Å². The lowest BCUT2D eigenvalue weighted by Gasteiger charge is -2.14. The molecular formula is C16H17NO4. The van der Waals surface area contributed by atoms with Crippen molar-refractivity contribution >= 4 is 5.69 Å². The largest absolute Gasteiger partial charge is 0.489 e. The van der Waals surface area contributed by atoms with E-state index in [1.165, 1.54) is 12.1 Å². The summed E-state index contributed by atoms with van der Waals surface area (Å²) in [4.78, 5) is 10.2. The summed E-state index contributed by atoms with van der Waals surface area (Å²) in [6.07, 6.45) is -0.613. The first-order valence-electron chi connectivity index (χ1n) is 6.62. The number of aliphatic hydroxyl groups excluding tert-OH is 1. The van der Waals surface area contributed by atoms with Gasteiger partial charge in [0.2, 0.25) is 0 Å². The van der Waals surface area contributed by atoms with Crippen LogP contribution < -0.4 is 4.74 Å². The number of hydrogen-bond donors (Lipinski definition) is 1. The van der Waals surface area contributed by atoms with E-state index in [1.807, 2.05) is 25.1 Å². The molecule has 5 heteroatoms. The lowest BCUT2D eigenvalue weighted by atomic mass is 10.1. The summed E-state index contributed by atoms with van der Waals surface area (Å²) in [5.41, 5.74) is 2.65. The molecule has 0 aliphatic heterocycles. The Bertz CT molecular complexity index is 635. The molecule has 5 nitrogen and oxygen atoms in total. The zero-order valence-electron chi connectivity index (χ0n) is 11.9. The van der Waals surface area contributed by atoms with Crippen molar-refractivity contribution in [2.45, 2.75) is 26.6 Å². The molecule has 0 amide bonds. The van der Waals surface area contributed by atoms with Crippen LogP contribution in [-0.2, 0) is 6.61 Å². The van der Waals surface area contributed by atoms with Crippen molar-refractivity contribution in [3.63, 3.8) is 0 Å². The first kappa shape index (κ1) is 15.0. The quantitative estimate of drug-likeness (QED) is 0.674. The highest BCUT2D eigenvalue weighted by Gasteiger charge is 2.10. The molecule has 0 aliphatic carbocycles. The Balaban J connectivity index is 2.12. The van der Waals surface area contributed by atoms with E-state index in [-0.39, 0.29) is 5.69 Å². The molecular weight excluding hydrogens is 270 g/mol. The first-order chi connectivity index (χ1) is 9.97. The number of ether oxygens (including phenoxy) is 1. The third kappa shape index (κ3) is 3.79. The minimum Gasteiger partial charge on any atom is -0.489 e. The maximum atomic E-state index is 10.6. The number of rotatable bonds is 5. The molecule has 1 N–H and O–H groups in total. The first-order valence-corrected chi connectivity index (χ1v) is 6.62. The van der Waals surface area contributed by atoms with E-state index < -0.39 is 11.0 Å². The van der Waals surface area contributed by atoms with Crippen LogP contribution in [0.5, 0.6) is 5.75 Å². The van der Waals surface area contributed by atoms with Gasteiger partial charge in [-0.3, -0.25) is 10.1 Å². The summed E-state index contributed by atoms with van der Waals surface area (Å²) in [7, 11) is 0. The molecule has 0 saturated heterocycles. The van der Waals surface area contributed by atoms with Gasteiger partial charge >= 0.3 is 0 Å². The molecule has 21 heavy (non-hydrogen) atoms. The van der Waals surface area contributed by atoms with Crippen LogP contribution in [0.4, 0.5) is 5.69 Å². The monoisotopic (exact) mass is 287 g/mol. The predicted molar refractivity (Wildman–Crippen MR) is 79.2 cm³/mol. The van der Waals surface area contributed by atoms with Crippen LogP contribution in [0.3, 0.4) is 0 Å². The highest BCUT2D eigenvalue weighted by Crippen LogP contribution is 2.27. The number of hydrogen-bond acceptors (Lipinski definition) is 4. The summed E-state index contributed by atoms with van der Waals surface area (Å²) in [5.74, 6) is 0.628. The number of nitro benzene ring substituents is 1. The van der Waals surface area contributed by atoms with E-state index in [4.69, 9.17) is 4.74 Å². The van der Waals surface area contributed by atoms with Crippen LogP contribution in [0.15, 0.2) is 42.5 Å². The van der Waals surface area contributed by atoms with Crippen molar-refractivity contribution in [1.82, 2.24) is 0 Å². The Hall–Kier alpha value is -2.40. The van der Waals surface area contributed by atoms with Gasteiger partial charge in [-0.1, -0.05) is 12.1 Å². The van der Waals surface area contributed by atoms with Gasteiger partial charge in [-0.2, -0.15) is 0 Å². The molecule has 0 radical (unpaired) electrons. The molecule has 2 aromatic carbocycles. The Labute approximate surface area is 123 Å². The Morgan fingerprint density at radius 1 is 1.24 bits per heavy atom. The van der Waals surface area contributed by atoms with Gasteiger partial charge in [-0.15, -0.1) is 0 Å². The number of benzene rings is 2. The van der Waals surface area contributed by atoms with E-state index in [0.717, 1.165) is 16.7 Å². The third-order valence-corrected chi connectivity index (χ3v) is 3.16. The molecule has 0 aromatic heterocycles. The molecule has 1 atom stereocenters. The second kappa shape index (κ2) is 6.37. The number of non-ortho nitro benzene ring substituents is 1. The van der Waals surface area contributed by atoms with Gasteiger partial charge in [0, 0.05) is 17.7 Å². The van der Waals surface area contributed by atoms with Crippen LogP contribution in [0.25, 0.3) is 0 Å². The average Bonchev–Trinajstić information content (AvgIpc) is 2.45. The van der Waals surface area contributed by atoms with Crippen LogP contribution in [0.2, 0.25) is 0 Å². The van der Waals surface area contributed by atoms with E-state index in [2.05, 4.69) is 0 Å². The van der Waals surface area contributed by atoms with Crippen molar-refractivity contribution in [3.05, 3.63) is 69.3 Å². The highest BCUT2D eigenvalue weighted by atomic mass is 16.6. The van der Waals surface area contributed by atoms with E-state index in [9.17, 15) is 15.2 Å². The standard InChI is InChI=1S/C16H17NO4/c1-11-3-8-15(12(2)18)16(9-11)21-10-13-4-6-14(7-5-13)17(19)20/h3-9,12,18H,10H2,1-2H3. The summed E-state index contributed by atoms with van der Waals surface area (Å²) in [5, 5.41) is 20.3. The molecule has 0 fully saturated rings. The molecule has 110 valence electrons. The normalized spacial score (nSPS) is 12.0.